The molecule has 1 atom stereocenters. The average molecular weight is 462 g/mol. The molecule has 8 nitrogen and oxygen atoms in total. The first kappa shape index (κ1) is 24.2. The van der Waals surface area contributed by atoms with Crippen LogP contribution in [-0.4, -0.2) is 75.2 Å². The van der Waals surface area contributed by atoms with E-state index < -0.39 is 37.4 Å². The van der Waals surface area contributed by atoms with Crippen LogP contribution >= 0.6 is 0 Å². The Kier molecular flexibility index (Phi) is 8.26. The predicted molar refractivity (Wildman–Crippen MR) is 108 cm³/mol. The number of ether oxygens (including phenoxy) is 2. The Hall–Kier alpha value is -2.44. The molecule has 2 aliphatic rings. The fourth-order valence-electron chi connectivity index (χ4n) is 3.56. The smallest absolute Gasteiger partial charge is 0.387 e. The van der Waals surface area contributed by atoms with Gasteiger partial charge in [0, 0.05) is 31.4 Å². The Bertz CT molecular complexity index is 806. The van der Waals surface area contributed by atoms with Gasteiger partial charge in [-0.2, -0.15) is 8.78 Å². The molecule has 0 spiro atoms. The number of halogens is 4. The molecule has 0 unspecified atom stereocenters. The second kappa shape index (κ2) is 10.9. The van der Waals surface area contributed by atoms with Crippen molar-refractivity contribution in [3.63, 3.8) is 0 Å². The summed E-state index contributed by atoms with van der Waals surface area (Å²) in [6.45, 7) is -3.41. The number of amides is 2. The summed E-state index contributed by atoms with van der Waals surface area (Å²) in [7, 11) is 0. The van der Waals surface area contributed by atoms with E-state index in [1.165, 1.54) is 21.9 Å². The molecular formula is C20H26F4N4O4. The summed E-state index contributed by atoms with van der Waals surface area (Å²) in [4.78, 5) is 27.5. The number of nitrogens with two attached hydrogens (primary N) is 1. The van der Waals surface area contributed by atoms with Crippen molar-refractivity contribution >= 4 is 23.2 Å². The Labute approximate surface area is 182 Å². The number of nitrogens with one attached hydrogen (secondary N) is 1. The zero-order valence-corrected chi connectivity index (χ0v) is 17.3. The number of nitrogens with zero attached hydrogens (tertiary/aromatic N) is 2. The lowest BCUT2D eigenvalue weighted by Gasteiger charge is -2.30. The van der Waals surface area contributed by atoms with Crippen molar-refractivity contribution in [1.82, 2.24) is 4.90 Å². The Balaban J connectivity index is 1.78. The third-order valence-electron chi connectivity index (χ3n) is 5.25. The van der Waals surface area contributed by atoms with Gasteiger partial charge < -0.3 is 25.4 Å². The van der Waals surface area contributed by atoms with Crippen LogP contribution in [0.3, 0.4) is 0 Å². The molecule has 12 heteroatoms. The number of hydrogen-bond donors (Lipinski definition) is 2. The molecule has 1 aromatic carbocycles. The van der Waals surface area contributed by atoms with Crippen LogP contribution in [0.2, 0.25) is 0 Å². The summed E-state index contributed by atoms with van der Waals surface area (Å²) >= 11 is 0. The van der Waals surface area contributed by atoms with Crippen molar-refractivity contribution < 1.29 is 36.6 Å². The highest BCUT2D eigenvalue weighted by molar-refractivity contribution is 5.98. The number of hydrogen-bond acceptors (Lipinski definition) is 6. The maximum atomic E-state index is 13.0. The SMILES string of the molecule is NC[C@H](C(=O)Nc1ccc(N2CCOCC2=O)c(OC(F)F)c1)N(CC(F)F)CC1CC1. The molecule has 1 saturated heterocycles. The van der Waals surface area contributed by atoms with E-state index in [1.54, 1.807) is 0 Å². The van der Waals surface area contributed by atoms with Crippen LogP contribution in [0.15, 0.2) is 18.2 Å². The topological polar surface area (TPSA) is 97.1 Å². The summed E-state index contributed by atoms with van der Waals surface area (Å²) < 4.78 is 61.6. The lowest BCUT2D eigenvalue weighted by Crippen LogP contribution is -2.51. The number of alkyl halides is 4. The minimum Gasteiger partial charge on any atom is -0.433 e. The molecule has 3 N–H and O–H groups in total. The molecule has 178 valence electrons. The van der Waals surface area contributed by atoms with Crippen LogP contribution in [0.4, 0.5) is 28.9 Å². The third-order valence-corrected chi connectivity index (χ3v) is 5.25. The van der Waals surface area contributed by atoms with E-state index in [4.69, 9.17) is 10.5 Å². The number of benzene rings is 1. The predicted octanol–water partition coefficient (Wildman–Crippen LogP) is 1.89. The molecule has 1 aliphatic heterocycles. The molecule has 32 heavy (non-hydrogen) atoms. The Morgan fingerprint density at radius 3 is 2.66 bits per heavy atom. The van der Waals surface area contributed by atoms with E-state index in [2.05, 4.69) is 10.1 Å². The highest BCUT2D eigenvalue weighted by Crippen LogP contribution is 2.34. The minimum atomic E-state index is -3.16. The molecule has 1 aromatic rings. The van der Waals surface area contributed by atoms with Crippen molar-refractivity contribution in [3.8, 4) is 5.75 Å². The lowest BCUT2D eigenvalue weighted by atomic mass is 10.1. The maximum absolute atomic E-state index is 13.0. The van der Waals surface area contributed by atoms with Gasteiger partial charge in [0.15, 0.2) is 5.75 Å². The van der Waals surface area contributed by atoms with Crippen LogP contribution in [-0.2, 0) is 14.3 Å². The van der Waals surface area contributed by atoms with Crippen molar-refractivity contribution in [3.05, 3.63) is 18.2 Å². The fraction of sp³-hybridized carbons (Fsp3) is 0.600. The molecule has 1 saturated carbocycles. The van der Waals surface area contributed by atoms with Crippen LogP contribution in [0.1, 0.15) is 12.8 Å². The quantitative estimate of drug-likeness (QED) is 0.488. The van der Waals surface area contributed by atoms with Gasteiger partial charge in [-0.3, -0.25) is 14.5 Å². The second-order valence-electron chi connectivity index (χ2n) is 7.69. The highest BCUT2D eigenvalue weighted by atomic mass is 19.3. The molecule has 1 aliphatic carbocycles. The summed E-state index contributed by atoms with van der Waals surface area (Å²) in [6, 6.07) is 2.94. The van der Waals surface area contributed by atoms with E-state index in [9.17, 15) is 27.2 Å². The first-order valence-corrected chi connectivity index (χ1v) is 10.3. The minimum absolute atomic E-state index is 0.108. The molecule has 3 rings (SSSR count). The van der Waals surface area contributed by atoms with Crippen molar-refractivity contribution in [2.45, 2.75) is 31.9 Å². The van der Waals surface area contributed by atoms with E-state index in [1.807, 2.05) is 0 Å². The number of carbonyl (C=O) groups excluding carboxylic acids is 2. The van der Waals surface area contributed by atoms with E-state index in [0.29, 0.717) is 6.54 Å². The number of carbonyl (C=O) groups is 2. The number of anilines is 2. The van der Waals surface area contributed by atoms with Crippen LogP contribution in [0.5, 0.6) is 5.75 Å². The van der Waals surface area contributed by atoms with Gasteiger partial charge in [0.25, 0.3) is 12.3 Å². The van der Waals surface area contributed by atoms with Gasteiger partial charge in [0.05, 0.1) is 18.8 Å². The zero-order valence-electron chi connectivity index (χ0n) is 17.3. The van der Waals surface area contributed by atoms with Crippen molar-refractivity contribution in [2.75, 3.05) is 49.6 Å². The van der Waals surface area contributed by atoms with Crippen LogP contribution in [0, 0.1) is 5.92 Å². The second-order valence-corrected chi connectivity index (χ2v) is 7.69. The first-order valence-electron chi connectivity index (χ1n) is 10.3. The molecule has 0 bridgehead atoms. The largest absolute Gasteiger partial charge is 0.433 e. The van der Waals surface area contributed by atoms with Crippen molar-refractivity contribution in [2.24, 2.45) is 11.7 Å². The lowest BCUT2D eigenvalue weighted by molar-refractivity contribution is -0.126. The molecule has 2 fully saturated rings. The Morgan fingerprint density at radius 1 is 1.31 bits per heavy atom. The van der Waals surface area contributed by atoms with Gasteiger partial charge in [-0.1, -0.05) is 0 Å². The normalized spacial score (nSPS) is 17.9. The highest BCUT2D eigenvalue weighted by Gasteiger charge is 2.33. The third kappa shape index (κ3) is 6.53. The summed E-state index contributed by atoms with van der Waals surface area (Å²) in [5.74, 6) is -1.10. The van der Waals surface area contributed by atoms with E-state index in [-0.39, 0.29) is 49.3 Å². The number of rotatable bonds is 11. The van der Waals surface area contributed by atoms with Gasteiger partial charge in [0.2, 0.25) is 5.91 Å². The van der Waals surface area contributed by atoms with Crippen LogP contribution in [0.25, 0.3) is 0 Å². The average Bonchev–Trinajstić information content (AvgIpc) is 3.52. The van der Waals surface area contributed by atoms with Crippen LogP contribution < -0.4 is 20.7 Å². The molecule has 1 heterocycles. The first-order chi connectivity index (χ1) is 15.3. The van der Waals surface area contributed by atoms with E-state index >= 15 is 0 Å². The molecule has 0 aromatic heterocycles. The molecule has 0 radical (unpaired) electrons. The van der Waals surface area contributed by atoms with Gasteiger partial charge in [-0.15, -0.1) is 0 Å². The number of morpholine rings is 1. The maximum Gasteiger partial charge on any atom is 0.387 e. The van der Waals surface area contributed by atoms with Gasteiger partial charge in [-0.25, -0.2) is 8.78 Å². The van der Waals surface area contributed by atoms with Gasteiger partial charge in [-0.05, 0) is 30.9 Å². The van der Waals surface area contributed by atoms with Crippen molar-refractivity contribution in [1.29, 1.82) is 0 Å². The monoisotopic (exact) mass is 462 g/mol. The molecular weight excluding hydrogens is 436 g/mol. The molecule has 2 amide bonds. The standard InChI is InChI=1S/C20H26F4N4O4/c21-17(22)10-27(9-12-1-2-12)15(8-25)19(30)26-13-3-4-14(16(7-13)32-20(23)24)28-5-6-31-11-18(28)29/h3-4,7,12,15,17,20H,1-2,5-6,8-11,25H2,(H,26,30)/t15-/m1/s1. The van der Waals surface area contributed by atoms with Gasteiger partial charge in [0.1, 0.15) is 12.6 Å². The zero-order chi connectivity index (χ0) is 23.3. The fourth-order valence-corrected chi connectivity index (χ4v) is 3.56. The van der Waals surface area contributed by atoms with Gasteiger partial charge >= 0.3 is 6.61 Å². The summed E-state index contributed by atoms with van der Waals surface area (Å²) in [5, 5.41) is 2.54. The summed E-state index contributed by atoms with van der Waals surface area (Å²) in [5.41, 5.74) is 5.92. The Morgan fingerprint density at radius 2 is 2.06 bits per heavy atom. The van der Waals surface area contributed by atoms with E-state index in [0.717, 1.165) is 18.9 Å². The summed E-state index contributed by atoms with van der Waals surface area (Å²) in [6.07, 6.45) is -0.810.